The highest BCUT2D eigenvalue weighted by Crippen LogP contribution is 2.43. The lowest BCUT2D eigenvalue weighted by atomic mass is 10.1. The molecule has 0 bridgehead atoms. The van der Waals surface area contributed by atoms with Gasteiger partial charge in [0.25, 0.3) is 0 Å². The minimum absolute atomic E-state index is 0.623. The van der Waals surface area contributed by atoms with Crippen molar-refractivity contribution in [2.45, 2.75) is 19.1 Å². The van der Waals surface area contributed by atoms with Gasteiger partial charge in [0.15, 0.2) is 5.72 Å². The van der Waals surface area contributed by atoms with Gasteiger partial charge in [-0.1, -0.05) is 19.6 Å². The molecule has 1 aliphatic heterocycles. The predicted molar refractivity (Wildman–Crippen MR) is 66.7 cm³/mol. The largest absolute Gasteiger partial charge is 0.366 e. The van der Waals surface area contributed by atoms with Gasteiger partial charge in [0.2, 0.25) is 0 Å². The molecule has 1 saturated heterocycles. The van der Waals surface area contributed by atoms with Gasteiger partial charge in [-0.25, -0.2) is 0 Å². The maximum absolute atomic E-state index is 10.7. The second kappa shape index (κ2) is 4.47. The number of thioether (sulfide) groups is 1. The highest BCUT2D eigenvalue weighted by molar-refractivity contribution is 8.03. The van der Waals surface area contributed by atoms with E-state index < -0.39 is 5.72 Å². The van der Waals surface area contributed by atoms with Crippen molar-refractivity contribution in [2.75, 3.05) is 12.3 Å². The minimum Gasteiger partial charge on any atom is -0.366 e. The Morgan fingerprint density at radius 3 is 3.12 bits per heavy atom. The van der Waals surface area contributed by atoms with Gasteiger partial charge in [0, 0.05) is 24.5 Å². The second-order valence-electron chi connectivity index (χ2n) is 3.89. The molecule has 0 aliphatic carbocycles. The summed E-state index contributed by atoms with van der Waals surface area (Å²) in [6.45, 7) is 6.90. The van der Waals surface area contributed by atoms with Crippen LogP contribution < -0.4 is 0 Å². The van der Waals surface area contributed by atoms with E-state index in [4.69, 9.17) is 0 Å². The second-order valence-corrected chi connectivity index (χ2v) is 4.94. The van der Waals surface area contributed by atoms with Crippen molar-refractivity contribution < 1.29 is 5.11 Å². The molecule has 1 fully saturated rings. The number of aliphatic hydroxyl groups is 1. The molecule has 4 heteroatoms. The monoisotopic (exact) mass is 236 g/mol. The first-order valence-electron chi connectivity index (χ1n) is 5.40. The lowest BCUT2D eigenvalue weighted by molar-refractivity contribution is -0.0636. The smallest absolute Gasteiger partial charge is 0.175 e. The first-order chi connectivity index (χ1) is 7.68. The molecule has 16 heavy (non-hydrogen) atoms. The van der Waals surface area contributed by atoms with Crippen LogP contribution in [0.25, 0.3) is 0 Å². The number of hydrogen-bond donors (Lipinski definition) is 1. The fourth-order valence-electron chi connectivity index (χ4n) is 1.92. The van der Waals surface area contributed by atoms with Gasteiger partial charge in [0.05, 0.1) is 10.8 Å². The summed E-state index contributed by atoms with van der Waals surface area (Å²) in [7, 11) is 0. The van der Waals surface area contributed by atoms with E-state index in [-0.39, 0.29) is 0 Å². The highest BCUT2D eigenvalue weighted by atomic mass is 32.2. The molecule has 0 saturated carbocycles. The van der Waals surface area contributed by atoms with E-state index >= 15 is 0 Å². The average molecular weight is 236 g/mol. The molecule has 3 nitrogen and oxygen atoms in total. The van der Waals surface area contributed by atoms with Crippen LogP contribution in [0, 0.1) is 0 Å². The van der Waals surface area contributed by atoms with E-state index in [9.17, 15) is 5.11 Å². The molecule has 1 atom stereocenters. The standard InChI is InChI=1S/C12H16N2OS/c1-3-7-14-10(2)16-9-12(14,15)11-5-4-6-13-8-11/h4-6,8,15H,2-3,7,9H2,1H3. The summed E-state index contributed by atoms with van der Waals surface area (Å²) in [5.74, 6) is 0.623. The molecule has 2 heterocycles. The van der Waals surface area contributed by atoms with Crippen LogP contribution in [0.1, 0.15) is 18.9 Å². The zero-order valence-corrected chi connectivity index (χ0v) is 10.2. The Balaban J connectivity index is 2.33. The lowest BCUT2D eigenvalue weighted by Gasteiger charge is -2.34. The third-order valence-electron chi connectivity index (χ3n) is 2.76. The summed E-state index contributed by atoms with van der Waals surface area (Å²) in [5, 5.41) is 11.7. The first kappa shape index (κ1) is 11.5. The SMILES string of the molecule is C=C1SCC(O)(c2cccnc2)N1CCC. The van der Waals surface area contributed by atoms with Crippen LogP contribution in [-0.4, -0.2) is 27.3 Å². The van der Waals surface area contributed by atoms with Crippen molar-refractivity contribution in [3.63, 3.8) is 0 Å². The van der Waals surface area contributed by atoms with Gasteiger partial charge in [-0.3, -0.25) is 4.98 Å². The van der Waals surface area contributed by atoms with Crippen LogP contribution in [0.4, 0.5) is 0 Å². The summed E-state index contributed by atoms with van der Waals surface area (Å²) in [4.78, 5) is 6.04. The molecular formula is C12H16N2OS. The fraction of sp³-hybridized carbons (Fsp3) is 0.417. The average Bonchev–Trinajstić information content (AvgIpc) is 2.60. The summed E-state index contributed by atoms with van der Waals surface area (Å²) in [6.07, 6.45) is 4.43. The lowest BCUT2D eigenvalue weighted by Crippen LogP contribution is -2.42. The minimum atomic E-state index is -0.938. The van der Waals surface area contributed by atoms with E-state index in [0.29, 0.717) is 5.75 Å². The molecule has 1 unspecified atom stereocenters. The number of rotatable bonds is 3. The zero-order chi connectivity index (χ0) is 11.6. The van der Waals surface area contributed by atoms with Crippen LogP contribution in [0.3, 0.4) is 0 Å². The van der Waals surface area contributed by atoms with Crippen molar-refractivity contribution in [2.24, 2.45) is 0 Å². The van der Waals surface area contributed by atoms with Crippen LogP contribution in [0.5, 0.6) is 0 Å². The topological polar surface area (TPSA) is 36.4 Å². The van der Waals surface area contributed by atoms with E-state index in [2.05, 4.69) is 18.5 Å². The van der Waals surface area contributed by atoms with E-state index in [1.54, 1.807) is 24.2 Å². The molecule has 1 N–H and O–H groups in total. The molecule has 1 aliphatic rings. The first-order valence-corrected chi connectivity index (χ1v) is 6.39. The van der Waals surface area contributed by atoms with E-state index in [0.717, 1.165) is 23.6 Å². The van der Waals surface area contributed by atoms with Crippen LogP contribution in [0.2, 0.25) is 0 Å². The maximum Gasteiger partial charge on any atom is 0.175 e. The van der Waals surface area contributed by atoms with Crippen molar-refractivity contribution in [1.29, 1.82) is 0 Å². The van der Waals surface area contributed by atoms with Gasteiger partial charge >= 0.3 is 0 Å². The van der Waals surface area contributed by atoms with Crippen LogP contribution >= 0.6 is 11.8 Å². The maximum atomic E-state index is 10.7. The number of aromatic nitrogens is 1. The van der Waals surface area contributed by atoms with Gasteiger partial charge in [-0.15, -0.1) is 11.8 Å². The van der Waals surface area contributed by atoms with E-state index in [1.165, 1.54) is 0 Å². The Morgan fingerprint density at radius 1 is 1.69 bits per heavy atom. The number of pyridine rings is 1. The molecule has 1 aromatic heterocycles. The van der Waals surface area contributed by atoms with Crippen LogP contribution in [-0.2, 0) is 5.72 Å². The van der Waals surface area contributed by atoms with Crippen molar-refractivity contribution in [3.8, 4) is 0 Å². The Kier molecular flexibility index (Phi) is 3.21. The Labute approximate surface area is 100 Å². The fourth-order valence-corrected chi connectivity index (χ4v) is 3.01. The molecular weight excluding hydrogens is 220 g/mol. The van der Waals surface area contributed by atoms with E-state index in [1.807, 2.05) is 17.0 Å². The molecule has 0 aromatic carbocycles. The molecule has 0 spiro atoms. The number of hydrogen-bond acceptors (Lipinski definition) is 4. The third kappa shape index (κ3) is 1.83. The van der Waals surface area contributed by atoms with Gasteiger partial charge in [-0.05, 0) is 12.5 Å². The normalized spacial score (nSPS) is 25.1. The van der Waals surface area contributed by atoms with Crippen molar-refractivity contribution >= 4 is 11.8 Å². The summed E-state index contributed by atoms with van der Waals surface area (Å²) >= 11 is 1.60. The Hall–Kier alpha value is -1.00. The van der Waals surface area contributed by atoms with Crippen molar-refractivity contribution in [3.05, 3.63) is 41.7 Å². The quantitative estimate of drug-likeness (QED) is 0.872. The third-order valence-corrected chi connectivity index (χ3v) is 3.86. The molecule has 2 rings (SSSR count). The highest BCUT2D eigenvalue weighted by Gasteiger charge is 2.42. The predicted octanol–water partition coefficient (Wildman–Crippen LogP) is 2.16. The summed E-state index contributed by atoms with van der Waals surface area (Å²) < 4.78 is 0. The van der Waals surface area contributed by atoms with Crippen LogP contribution in [0.15, 0.2) is 36.1 Å². The molecule has 1 aromatic rings. The van der Waals surface area contributed by atoms with Gasteiger partial charge in [0.1, 0.15) is 0 Å². The Bertz CT molecular complexity index is 382. The summed E-state index contributed by atoms with van der Waals surface area (Å²) in [6, 6.07) is 3.76. The zero-order valence-electron chi connectivity index (χ0n) is 9.39. The van der Waals surface area contributed by atoms with Crippen molar-refractivity contribution in [1.82, 2.24) is 9.88 Å². The van der Waals surface area contributed by atoms with Gasteiger partial charge in [-0.2, -0.15) is 0 Å². The number of nitrogens with zero attached hydrogens (tertiary/aromatic N) is 2. The van der Waals surface area contributed by atoms with Gasteiger partial charge < -0.3 is 10.0 Å². The molecule has 0 amide bonds. The summed E-state index contributed by atoms with van der Waals surface area (Å²) in [5.41, 5.74) is -0.0962. The molecule has 86 valence electrons. The molecule has 0 radical (unpaired) electrons. The Morgan fingerprint density at radius 2 is 2.50 bits per heavy atom.